The number of aromatic nitrogens is 1. The Morgan fingerprint density at radius 1 is 0.806 bits per heavy atom. The summed E-state index contributed by atoms with van der Waals surface area (Å²) in [5.74, 6) is -0.123. The second kappa shape index (κ2) is 8.71. The van der Waals surface area contributed by atoms with E-state index < -0.39 is 10.7 Å². The van der Waals surface area contributed by atoms with Crippen LogP contribution < -0.4 is 0 Å². The van der Waals surface area contributed by atoms with Crippen molar-refractivity contribution in [3.05, 3.63) is 106 Å². The molecule has 0 aliphatic heterocycles. The molecule has 0 saturated carbocycles. The molecule has 0 atom stereocenters. The van der Waals surface area contributed by atoms with Crippen LogP contribution in [0.2, 0.25) is 10.0 Å². The second-order valence-electron chi connectivity index (χ2n) is 6.98. The number of ketones is 1. The predicted octanol–water partition coefficient (Wildman–Crippen LogP) is 5.96. The molecule has 31 heavy (non-hydrogen) atoms. The quantitative estimate of drug-likeness (QED) is 0.289. The molecule has 0 unspecified atom stereocenters. The zero-order chi connectivity index (χ0) is 22.1. The van der Waals surface area contributed by atoms with Crippen molar-refractivity contribution in [3.63, 3.8) is 0 Å². The van der Waals surface area contributed by atoms with Crippen LogP contribution in [-0.4, -0.2) is 18.8 Å². The highest BCUT2D eigenvalue weighted by atomic mass is 35.5. The van der Waals surface area contributed by atoms with Gasteiger partial charge < -0.3 is 4.57 Å². The fourth-order valence-corrected chi connectivity index (χ4v) is 4.13. The Kier molecular flexibility index (Phi) is 6.01. The molecule has 0 saturated heterocycles. The lowest BCUT2D eigenvalue weighted by atomic mass is 10.0. The van der Waals surface area contributed by atoms with Crippen molar-refractivity contribution in [2.24, 2.45) is 0 Å². The summed E-state index contributed by atoms with van der Waals surface area (Å²) in [4.78, 5) is 13.5. The number of benzene rings is 3. The first kappa shape index (κ1) is 21.4. The predicted molar refractivity (Wildman–Crippen MR) is 124 cm³/mol. The van der Waals surface area contributed by atoms with Gasteiger partial charge in [-0.3, -0.25) is 4.79 Å². The molecule has 3 aromatic carbocycles. The van der Waals surface area contributed by atoms with Crippen LogP contribution in [0.4, 0.5) is 0 Å². The van der Waals surface area contributed by atoms with Gasteiger partial charge in [0, 0.05) is 32.6 Å². The molecule has 0 bridgehead atoms. The van der Waals surface area contributed by atoms with Gasteiger partial charge in [0.05, 0.1) is 10.6 Å². The lowest BCUT2D eigenvalue weighted by Gasteiger charge is -2.13. The Bertz CT molecular complexity index is 1330. The Hall–Kier alpha value is -2.86. The summed E-state index contributed by atoms with van der Waals surface area (Å²) in [6.45, 7) is 1.87. The first-order valence-electron chi connectivity index (χ1n) is 9.38. The Morgan fingerprint density at radius 3 is 1.90 bits per heavy atom. The third-order valence-electron chi connectivity index (χ3n) is 5.06. The fraction of sp³-hybridized carbons (Fsp3) is 0.0417. The van der Waals surface area contributed by atoms with E-state index in [0.717, 1.165) is 22.6 Å². The van der Waals surface area contributed by atoms with Crippen molar-refractivity contribution in [2.75, 3.05) is 0 Å². The van der Waals surface area contributed by atoms with Gasteiger partial charge in [0.2, 0.25) is 0 Å². The zero-order valence-corrected chi connectivity index (χ0v) is 18.8. The van der Waals surface area contributed by atoms with Gasteiger partial charge in [-0.15, -0.1) is 0 Å². The van der Waals surface area contributed by atoms with E-state index in [-0.39, 0.29) is 10.7 Å². The summed E-state index contributed by atoms with van der Waals surface area (Å²) in [6.07, 6.45) is 0. The minimum atomic E-state index is -2.67. The number of nitrogens with zero attached hydrogens (tertiary/aromatic N) is 1. The molecule has 1 heterocycles. The molecule has 7 heteroatoms. The van der Waals surface area contributed by atoms with E-state index in [1.165, 1.54) is 0 Å². The van der Waals surface area contributed by atoms with E-state index in [4.69, 9.17) is 23.2 Å². The highest BCUT2D eigenvalue weighted by Crippen LogP contribution is 2.32. The van der Waals surface area contributed by atoms with Gasteiger partial charge in [0.1, 0.15) is 0 Å². The highest BCUT2D eigenvalue weighted by Gasteiger charge is 2.21. The van der Waals surface area contributed by atoms with E-state index in [1.54, 1.807) is 60.7 Å². The summed E-state index contributed by atoms with van der Waals surface area (Å²) in [7, 11) is -2.67. The van der Waals surface area contributed by atoms with Gasteiger partial charge in [-0.2, -0.15) is 0 Å². The van der Waals surface area contributed by atoms with Crippen molar-refractivity contribution in [3.8, 4) is 16.9 Å². The number of thiol groups is 1. The maximum Gasteiger partial charge on any atom is 0.194 e. The van der Waals surface area contributed by atoms with E-state index in [1.807, 2.05) is 29.7 Å². The van der Waals surface area contributed by atoms with Crippen LogP contribution in [0, 0.1) is 6.92 Å². The number of hydrogen-bond donors (Lipinski definition) is 1. The van der Waals surface area contributed by atoms with Crippen LogP contribution >= 0.6 is 23.2 Å². The van der Waals surface area contributed by atoms with Crippen molar-refractivity contribution in [1.29, 1.82) is 0 Å². The summed E-state index contributed by atoms with van der Waals surface area (Å²) < 4.78 is 24.5. The Morgan fingerprint density at radius 2 is 1.35 bits per heavy atom. The lowest BCUT2D eigenvalue weighted by molar-refractivity contribution is 0.103. The zero-order valence-electron chi connectivity index (χ0n) is 16.4. The molecule has 0 radical (unpaired) electrons. The SMILES string of the molecule is Cc1c(C(=O)c2ccc(Cl)cc2)cc(-c2ccc(Cl)cc2)n1-c1ccc([SH](=O)=O)cc1. The minimum absolute atomic E-state index is 0.123. The third-order valence-corrected chi connectivity index (χ3v) is 6.28. The topological polar surface area (TPSA) is 56.1 Å². The van der Waals surface area contributed by atoms with Crippen LogP contribution in [-0.2, 0) is 10.7 Å². The average Bonchev–Trinajstić information content (AvgIpc) is 3.11. The second-order valence-corrected chi connectivity index (χ2v) is 8.88. The van der Waals surface area contributed by atoms with Crippen LogP contribution in [0.5, 0.6) is 0 Å². The van der Waals surface area contributed by atoms with E-state index in [2.05, 4.69) is 0 Å². The molecule has 0 spiro atoms. The highest BCUT2D eigenvalue weighted by molar-refractivity contribution is 7.72. The number of carbonyl (C=O) groups excluding carboxylic acids is 1. The van der Waals surface area contributed by atoms with Gasteiger partial charge >= 0.3 is 0 Å². The van der Waals surface area contributed by atoms with Crippen molar-refractivity contribution >= 4 is 39.7 Å². The Balaban J connectivity index is 1.90. The molecular formula is C24H17Cl2NO3S. The van der Waals surface area contributed by atoms with Crippen LogP contribution in [0.15, 0.2) is 83.8 Å². The molecule has 1 aromatic heterocycles. The van der Waals surface area contributed by atoms with E-state index >= 15 is 0 Å². The van der Waals surface area contributed by atoms with E-state index in [9.17, 15) is 13.2 Å². The average molecular weight is 470 g/mol. The first-order chi connectivity index (χ1) is 14.8. The van der Waals surface area contributed by atoms with Gasteiger partial charge in [0.15, 0.2) is 16.5 Å². The van der Waals surface area contributed by atoms with Crippen molar-refractivity contribution < 1.29 is 13.2 Å². The molecule has 0 aliphatic carbocycles. The van der Waals surface area contributed by atoms with Gasteiger partial charge in [0.25, 0.3) is 0 Å². The summed E-state index contributed by atoms with van der Waals surface area (Å²) in [6, 6.07) is 22.5. The molecule has 0 aliphatic rings. The molecule has 0 N–H and O–H groups in total. The molecule has 4 nitrogen and oxygen atoms in total. The largest absolute Gasteiger partial charge is 0.313 e. The minimum Gasteiger partial charge on any atom is -0.313 e. The number of halogens is 2. The third kappa shape index (κ3) is 4.30. The fourth-order valence-electron chi connectivity index (χ4n) is 3.48. The lowest BCUT2D eigenvalue weighted by Crippen LogP contribution is -2.04. The molecule has 156 valence electrons. The maximum absolute atomic E-state index is 13.2. The van der Waals surface area contributed by atoms with E-state index in [0.29, 0.717) is 21.2 Å². The molecule has 0 amide bonds. The molecule has 4 rings (SSSR count). The molecule has 4 aromatic rings. The van der Waals surface area contributed by atoms with Gasteiger partial charge in [-0.05, 0) is 79.2 Å². The standard InChI is InChI=1S/C24H17Cl2NO3S/c1-15-22(24(28)17-4-8-19(26)9-5-17)14-23(16-2-6-18(25)7-3-16)27(15)20-10-12-21(13-11-20)31(29)30/h2-14,31H,1H3. The normalized spacial score (nSPS) is 11.1. The van der Waals surface area contributed by atoms with Crippen molar-refractivity contribution in [1.82, 2.24) is 4.57 Å². The van der Waals surface area contributed by atoms with Gasteiger partial charge in [-0.1, -0.05) is 35.3 Å². The maximum atomic E-state index is 13.2. The number of carbonyl (C=O) groups is 1. The van der Waals surface area contributed by atoms with Gasteiger partial charge in [-0.25, -0.2) is 8.42 Å². The van der Waals surface area contributed by atoms with Crippen LogP contribution in [0.1, 0.15) is 21.6 Å². The summed E-state index contributed by atoms with van der Waals surface area (Å²) >= 11 is 12.0. The smallest absolute Gasteiger partial charge is 0.194 e. The monoisotopic (exact) mass is 469 g/mol. The summed E-state index contributed by atoms with van der Waals surface area (Å²) in [5.41, 5.74) is 4.24. The first-order valence-corrected chi connectivity index (χ1v) is 11.3. The van der Waals surface area contributed by atoms with Crippen LogP contribution in [0.25, 0.3) is 16.9 Å². The Labute approximate surface area is 191 Å². The number of rotatable bonds is 5. The number of hydrogen-bond acceptors (Lipinski definition) is 3. The van der Waals surface area contributed by atoms with Crippen LogP contribution in [0.3, 0.4) is 0 Å². The summed E-state index contributed by atoms with van der Waals surface area (Å²) in [5, 5.41) is 1.17. The van der Waals surface area contributed by atoms with Crippen molar-refractivity contribution in [2.45, 2.75) is 11.8 Å². The molecule has 0 fully saturated rings. The molecular weight excluding hydrogens is 453 g/mol.